The number of aromatic nitrogens is 1. The molecule has 3 atom stereocenters. The lowest BCUT2D eigenvalue weighted by Gasteiger charge is -2.45. The quantitative estimate of drug-likeness (QED) is 0.617. The molecule has 1 aliphatic carbocycles. The van der Waals surface area contributed by atoms with E-state index in [1.807, 2.05) is 0 Å². The zero-order valence-corrected chi connectivity index (χ0v) is 18.0. The Bertz CT molecular complexity index is 896. The van der Waals surface area contributed by atoms with Gasteiger partial charge in [-0.1, -0.05) is 26.8 Å². The second-order valence-corrected chi connectivity index (χ2v) is 9.96. The fourth-order valence-electron chi connectivity index (χ4n) is 5.01. The third kappa shape index (κ3) is 2.99. The van der Waals surface area contributed by atoms with Crippen molar-refractivity contribution >= 4 is 28.6 Å². The van der Waals surface area contributed by atoms with Gasteiger partial charge in [0.1, 0.15) is 0 Å². The third-order valence-corrected chi connectivity index (χ3v) is 7.24. The monoisotopic (exact) mass is 386 g/mol. The average Bonchev–Trinajstić information content (AvgIpc) is 2.99. The lowest BCUT2D eigenvalue weighted by molar-refractivity contribution is -0.148. The van der Waals surface area contributed by atoms with Crippen molar-refractivity contribution in [3.63, 3.8) is 0 Å². The summed E-state index contributed by atoms with van der Waals surface area (Å²) in [4.78, 5) is 18.4. The number of nitrogens with zero attached hydrogens (tertiary/aromatic N) is 1. The van der Waals surface area contributed by atoms with Gasteiger partial charge in [-0.2, -0.15) is 0 Å². The molecule has 2 heterocycles. The van der Waals surface area contributed by atoms with Gasteiger partial charge in [-0.25, -0.2) is 0 Å². The van der Waals surface area contributed by atoms with Crippen LogP contribution in [0.5, 0.6) is 0 Å². The Hall–Kier alpha value is -1.46. The molecule has 0 spiro atoms. The van der Waals surface area contributed by atoms with Crippen LogP contribution < -0.4 is 0 Å². The highest BCUT2D eigenvalue weighted by Gasteiger charge is 2.43. The maximum Gasteiger partial charge on any atom is 0.309 e. The normalized spacial score (nSPS) is 25.5. The highest BCUT2D eigenvalue weighted by atomic mass is 32.2. The Morgan fingerprint density at radius 3 is 2.70 bits per heavy atom. The van der Waals surface area contributed by atoms with Gasteiger partial charge < -0.3 is 14.6 Å². The molecule has 1 fully saturated rings. The molecule has 0 amide bonds. The Labute approximate surface area is 166 Å². The molecule has 0 saturated carbocycles. The van der Waals surface area contributed by atoms with Crippen LogP contribution in [0.1, 0.15) is 49.8 Å². The molecule has 5 heteroatoms. The first-order chi connectivity index (χ1) is 12.7. The van der Waals surface area contributed by atoms with Gasteiger partial charge in [0.25, 0.3) is 0 Å². The van der Waals surface area contributed by atoms with E-state index < -0.39 is 0 Å². The number of fused-ring (bicyclic) bond motifs is 2. The van der Waals surface area contributed by atoms with E-state index in [0.717, 1.165) is 19.4 Å². The summed E-state index contributed by atoms with van der Waals surface area (Å²) >= 11 is 1.80. The molecule has 0 radical (unpaired) electrons. The number of hydrogen-bond donors (Lipinski definition) is 1. The van der Waals surface area contributed by atoms with Crippen LogP contribution in [-0.4, -0.2) is 48.9 Å². The molecule has 1 aromatic carbocycles. The molecular weight excluding hydrogens is 356 g/mol. The number of rotatable bonds is 2. The number of aromatic amines is 1. The van der Waals surface area contributed by atoms with Crippen molar-refractivity contribution in [3.8, 4) is 0 Å². The number of methoxy groups -OCH3 is 1. The Morgan fingerprint density at radius 2 is 2.07 bits per heavy atom. The van der Waals surface area contributed by atoms with E-state index in [2.05, 4.69) is 56.1 Å². The number of esters is 1. The SMILES string of the molecule is COC(=O)[C@@H]1C[C@@H]2c3cc(C(C)(C)C)cc4[nH]c(SC)c(c34)C[C@H]2N(C)C1. The van der Waals surface area contributed by atoms with Crippen molar-refractivity contribution in [2.24, 2.45) is 5.92 Å². The molecular formula is C22H30N2O2S. The van der Waals surface area contributed by atoms with Crippen LogP contribution in [0, 0.1) is 5.92 Å². The number of likely N-dealkylation sites (N-methyl/N-ethyl adjacent to an activating group) is 1. The number of ether oxygens (including phenoxy) is 1. The summed E-state index contributed by atoms with van der Waals surface area (Å²) in [7, 11) is 3.66. The molecule has 146 valence electrons. The Kier molecular flexibility index (Phi) is 4.59. The number of nitrogens with one attached hydrogen (secondary N) is 1. The third-order valence-electron chi connectivity index (χ3n) is 6.49. The second kappa shape index (κ2) is 6.56. The number of likely N-dealkylation sites (tertiary alicyclic amines) is 1. The van der Waals surface area contributed by atoms with Crippen molar-refractivity contribution in [1.82, 2.24) is 9.88 Å². The summed E-state index contributed by atoms with van der Waals surface area (Å²) in [6.45, 7) is 7.59. The predicted molar refractivity (Wildman–Crippen MR) is 112 cm³/mol. The summed E-state index contributed by atoms with van der Waals surface area (Å²) in [5, 5.41) is 2.69. The highest BCUT2D eigenvalue weighted by molar-refractivity contribution is 7.98. The first-order valence-electron chi connectivity index (χ1n) is 9.75. The van der Waals surface area contributed by atoms with E-state index in [0.29, 0.717) is 12.0 Å². The van der Waals surface area contributed by atoms with Gasteiger partial charge in [-0.05, 0) is 54.3 Å². The highest BCUT2D eigenvalue weighted by Crippen LogP contribution is 2.48. The molecule has 2 aliphatic rings. The number of piperidine rings is 1. The van der Waals surface area contributed by atoms with Crippen molar-refractivity contribution in [1.29, 1.82) is 0 Å². The topological polar surface area (TPSA) is 45.3 Å². The van der Waals surface area contributed by atoms with Crippen LogP contribution in [0.2, 0.25) is 0 Å². The summed E-state index contributed by atoms with van der Waals surface area (Å²) in [6.07, 6.45) is 4.08. The number of H-pyrrole nitrogens is 1. The van der Waals surface area contributed by atoms with E-state index in [9.17, 15) is 4.79 Å². The van der Waals surface area contributed by atoms with Crippen LogP contribution in [0.15, 0.2) is 17.2 Å². The summed E-state index contributed by atoms with van der Waals surface area (Å²) in [5.74, 6) is 0.249. The van der Waals surface area contributed by atoms with Crippen molar-refractivity contribution in [2.75, 3.05) is 27.0 Å². The van der Waals surface area contributed by atoms with E-state index >= 15 is 0 Å². The van der Waals surface area contributed by atoms with E-state index in [-0.39, 0.29) is 17.3 Å². The number of carbonyl (C=O) groups excluding carboxylic acids is 1. The van der Waals surface area contributed by atoms with E-state index in [1.54, 1.807) is 11.8 Å². The summed E-state index contributed by atoms with van der Waals surface area (Å²) in [5.41, 5.74) is 5.57. The molecule has 27 heavy (non-hydrogen) atoms. The van der Waals surface area contributed by atoms with Gasteiger partial charge in [0, 0.05) is 29.4 Å². The Morgan fingerprint density at radius 1 is 1.33 bits per heavy atom. The van der Waals surface area contributed by atoms with E-state index in [4.69, 9.17) is 4.74 Å². The van der Waals surface area contributed by atoms with Gasteiger partial charge in [0.05, 0.1) is 18.1 Å². The first-order valence-corrected chi connectivity index (χ1v) is 11.0. The number of carbonyl (C=O) groups is 1. The maximum atomic E-state index is 12.3. The lowest BCUT2D eigenvalue weighted by Crippen LogP contribution is -2.49. The van der Waals surface area contributed by atoms with Crippen molar-refractivity contribution in [2.45, 2.75) is 56.0 Å². The molecule has 1 N–H and O–H groups in total. The van der Waals surface area contributed by atoms with Crippen molar-refractivity contribution < 1.29 is 9.53 Å². The van der Waals surface area contributed by atoms with Crippen LogP contribution in [0.3, 0.4) is 0 Å². The fraction of sp³-hybridized carbons (Fsp3) is 0.591. The van der Waals surface area contributed by atoms with Crippen molar-refractivity contribution in [3.05, 3.63) is 28.8 Å². The van der Waals surface area contributed by atoms with Gasteiger partial charge >= 0.3 is 5.97 Å². The van der Waals surface area contributed by atoms with Gasteiger partial charge in [-0.3, -0.25) is 4.79 Å². The molecule has 0 bridgehead atoms. The largest absolute Gasteiger partial charge is 0.469 e. The van der Waals surface area contributed by atoms with Crippen LogP contribution in [0.25, 0.3) is 10.9 Å². The van der Waals surface area contributed by atoms with Crippen LogP contribution in [0.4, 0.5) is 0 Å². The zero-order valence-electron chi connectivity index (χ0n) is 17.2. The van der Waals surface area contributed by atoms with Gasteiger partial charge in [0.2, 0.25) is 0 Å². The van der Waals surface area contributed by atoms with Gasteiger partial charge in [0.15, 0.2) is 0 Å². The molecule has 0 unspecified atom stereocenters. The molecule has 4 rings (SSSR count). The predicted octanol–water partition coefficient (Wildman–Crippen LogP) is 4.32. The second-order valence-electron chi connectivity index (χ2n) is 9.15. The van der Waals surface area contributed by atoms with Crippen LogP contribution in [-0.2, 0) is 21.4 Å². The lowest BCUT2D eigenvalue weighted by atomic mass is 9.71. The average molecular weight is 387 g/mol. The Balaban J connectivity index is 1.90. The minimum Gasteiger partial charge on any atom is -0.469 e. The molecule has 1 aliphatic heterocycles. The molecule has 2 aromatic rings. The van der Waals surface area contributed by atoms with Crippen LogP contribution >= 0.6 is 11.8 Å². The standard InChI is InChI=1S/C22H30N2O2S/c1-22(2,3)13-8-15-14-7-12(21(25)26-5)11-24(4)18(14)10-16-19(15)17(9-13)23-20(16)27-6/h8-9,12,14,18,23H,7,10-11H2,1-6H3/t12-,14-,18-/m1/s1. The maximum absolute atomic E-state index is 12.3. The minimum atomic E-state index is -0.0758. The first kappa shape index (κ1) is 18.9. The fourth-order valence-corrected chi connectivity index (χ4v) is 5.66. The smallest absolute Gasteiger partial charge is 0.309 e. The van der Waals surface area contributed by atoms with E-state index in [1.165, 1.54) is 39.7 Å². The number of hydrogen-bond acceptors (Lipinski definition) is 4. The molecule has 4 nitrogen and oxygen atoms in total. The van der Waals surface area contributed by atoms with Gasteiger partial charge in [-0.15, -0.1) is 11.8 Å². The zero-order chi connectivity index (χ0) is 19.5. The number of thioether (sulfide) groups is 1. The molecule has 1 aromatic heterocycles. The summed E-state index contributed by atoms with van der Waals surface area (Å²) in [6, 6.07) is 5.18. The summed E-state index contributed by atoms with van der Waals surface area (Å²) < 4.78 is 5.08. The minimum absolute atomic E-state index is 0.0462. The number of benzene rings is 1. The molecule has 1 saturated heterocycles.